The molecule has 0 spiro atoms. The van der Waals surface area contributed by atoms with E-state index in [-0.39, 0.29) is 24.9 Å². The van der Waals surface area contributed by atoms with E-state index in [9.17, 15) is 9.59 Å². The van der Waals surface area contributed by atoms with E-state index in [0.717, 1.165) is 18.8 Å². The number of aromatic nitrogens is 2. The molecular formula is C22H28ClN7O3. The minimum absolute atomic E-state index is 0.0145. The predicted molar refractivity (Wildman–Crippen MR) is 127 cm³/mol. The first kappa shape index (κ1) is 23.1. The second-order valence-corrected chi connectivity index (χ2v) is 8.24. The maximum atomic E-state index is 12.6. The predicted octanol–water partition coefficient (Wildman–Crippen LogP) is 1.83. The standard InChI is InChI=1S/C22H28ClN7O3/c23-17-2-3-19(28-12-14-33-15-13-28)18(16-17)27-22(32)26-7-4-20(31)29-8-10-30(11-9-29)21-24-5-1-6-25-21/h1-3,5-6,16H,4,7-15H2,(H2,26,27,32). The summed E-state index contributed by atoms with van der Waals surface area (Å²) in [6.07, 6.45) is 3.66. The van der Waals surface area contributed by atoms with E-state index in [0.29, 0.717) is 56.1 Å². The molecule has 1 aromatic carbocycles. The Hall–Kier alpha value is -3.11. The Morgan fingerprint density at radius 1 is 1.00 bits per heavy atom. The lowest BCUT2D eigenvalue weighted by molar-refractivity contribution is -0.131. The maximum Gasteiger partial charge on any atom is 0.319 e. The third-order valence-corrected chi connectivity index (χ3v) is 5.89. The van der Waals surface area contributed by atoms with Crippen LogP contribution in [-0.2, 0) is 9.53 Å². The summed E-state index contributed by atoms with van der Waals surface area (Å²) in [7, 11) is 0. The number of benzene rings is 1. The molecule has 11 heteroatoms. The molecule has 2 N–H and O–H groups in total. The van der Waals surface area contributed by atoms with Crippen molar-refractivity contribution in [3.8, 4) is 0 Å². The summed E-state index contributed by atoms with van der Waals surface area (Å²) in [6, 6.07) is 6.84. The molecule has 0 saturated carbocycles. The van der Waals surface area contributed by atoms with Crippen molar-refractivity contribution in [3.63, 3.8) is 0 Å². The first-order valence-electron chi connectivity index (χ1n) is 11.1. The number of carbonyl (C=O) groups excluding carboxylic acids is 2. The van der Waals surface area contributed by atoms with Gasteiger partial charge in [-0.1, -0.05) is 11.6 Å². The molecule has 2 aliphatic heterocycles. The fraction of sp³-hybridized carbons (Fsp3) is 0.455. The molecule has 0 bridgehead atoms. The Morgan fingerprint density at radius 2 is 1.73 bits per heavy atom. The Balaban J connectivity index is 1.22. The third-order valence-electron chi connectivity index (χ3n) is 5.65. The zero-order valence-electron chi connectivity index (χ0n) is 18.4. The van der Waals surface area contributed by atoms with Crippen LogP contribution in [0.5, 0.6) is 0 Å². The van der Waals surface area contributed by atoms with Crippen molar-refractivity contribution in [2.45, 2.75) is 6.42 Å². The largest absolute Gasteiger partial charge is 0.378 e. The molecule has 2 fully saturated rings. The number of urea groups is 1. The van der Waals surface area contributed by atoms with Gasteiger partial charge in [-0.05, 0) is 24.3 Å². The number of halogens is 1. The van der Waals surface area contributed by atoms with Gasteiger partial charge in [0.2, 0.25) is 11.9 Å². The topological polar surface area (TPSA) is 103 Å². The Kier molecular flexibility index (Phi) is 7.79. The van der Waals surface area contributed by atoms with Crippen LogP contribution in [0.4, 0.5) is 22.1 Å². The summed E-state index contributed by atoms with van der Waals surface area (Å²) in [5.74, 6) is 0.695. The smallest absolute Gasteiger partial charge is 0.319 e. The zero-order chi connectivity index (χ0) is 23.0. The number of hydrogen-bond donors (Lipinski definition) is 2. The first-order valence-corrected chi connectivity index (χ1v) is 11.4. The molecule has 2 aliphatic rings. The average molecular weight is 474 g/mol. The van der Waals surface area contributed by atoms with Gasteiger partial charge in [-0.3, -0.25) is 4.79 Å². The van der Waals surface area contributed by atoms with Crippen LogP contribution in [-0.4, -0.2) is 85.8 Å². The van der Waals surface area contributed by atoms with Crippen molar-refractivity contribution in [2.75, 3.05) is 74.1 Å². The summed E-state index contributed by atoms with van der Waals surface area (Å²) in [6.45, 7) is 5.60. The van der Waals surface area contributed by atoms with Crippen molar-refractivity contribution in [3.05, 3.63) is 41.7 Å². The van der Waals surface area contributed by atoms with Gasteiger partial charge in [0.05, 0.1) is 24.6 Å². The zero-order valence-corrected chi connectivity index (χ0v) is 19.1. The fourth-order valence-corrected chi connectivity index (χ4v) is 4.08. The van der Waals surface area contributed by atoms with Crippen LogP contribution in [0, 0.1) is 0 Å². The molecule has 0 aliphatic carbocycles. The minimum atomic E-state index is -0.370. The molecule has 3 heterocycles. The monoisotopic (exact) mass is 473 g/mol. The van der Waals surface area contributed by atoms with Crippen molar-refractivity contribution in [2.24, 2.45) is 0 Å². The van der Waals surface area contributed by atoms with E-state index in [2.05, 4.69) is 30.4 Å². The first-order chi connectivity index (χ1) is 16.1. The van der Waals surface area contributed by atoms with Crippen molar-refractivity contribution in [1.82, 2.24) is 20.2 Å². The maximum absolute atomic E-state index is 12.6. The van der Waals surface area contributed by atoms with E-state index in [1.165, 1.54) is 0 Å². The summed E-state index contributed by atoms with van der Waals surface area (Å²) in [5.41, 5.74) is 1.53. The number of nitrogens with zero attached hydrogens (tertiary/aromatic N) is 5. The summed E-state index contributed by atoms with van der Waals surface area (Å²) in [5, 5.41) is 6.17. The molecule has 33 heavy (non-hydrogen) atoms. The number of hydrogen-bond acceptors (Lipinski definition) is 7. The lowest BCUT2D eigenvalue weighted by Crippen LogP contribution is -2.49. The highest BCUT2D eigenvalue weighted by Gasteiger charge is 2.22. The molecular weight excluding hydrogens is 446 g/mol. The summed E-state index contributed by atoms with van der Waals surface area (Å²) < 4.78 is 5.41. The van der Waals surface area contributed by atoms with Crippen LogP contribution >= 0.6 is 11.6 Å². The number of carbonyl (C=O) groups is 2. The number of piperazine rings is 1. The normalized spacial score (nSPS) is 16.5. The number of rotatable bonds is 6. The second-order valence-electron chi connectivity index (χ2n) is 7.81. The number of ether oxygens (including phenoxy) is 1. The van der Waals surface area contributed by atoms with Gasteiger partial charge in [0.15, 0.2) is 0 Å². The molecule has 1 aromatic heterocycles. The van der Waals surface area contributed by atoms with Gasteiger partial charge in [-0.2, -0.15) is 0 Å². The minimum Gasteiger partial charge on any atom is -0.378 e. The van der Waals surface area contributed by atoms with Gasteiger partial charge in [-0.15, -0.1) is 0 Å². The van der Waals surface area contributed by atoms with Crippen LogP contribution in [0.2, 0.25) is 5.02 Å². The molecule has 176 valence electrons. The van der Waals surface area contributed by atoms with Gasteiger partial charge in [0.25, 0.3) is 0 Å². The number of morpholine rings is 1. The second kappa shape index (κ2) is 11.2. The summed E-state index contributed by atoms with van der Waals surface area (Å²) >= 11 is 6.14. The lowest BCUT2D eigenvalue weighted by Gasteiger charge is -2.34. The number of anilines is 3. The lowest BCUT2D eigenvalue weighted by atomic mass is 10.2. The van der Waals surface area contributed by atoms with Crippen LogP contribution < -0.4 is 20.4 Å². The molecule has 0 atom stereocenters. The average Bonchev–Trinajstić information content (AvgIpc) is 2.85. The number of amides is 3. The van der Waals surface area contributed by atoms with Crippen molar-refractivity contribution >= 4 is 40.9 Å². The molecule has 0 radical (unpaired) electrons. The third kappa shape index (κ3) is 6.23. The van der Waals surface area contributed by atoms with Crippen molar-refractivity contribution in [1.29, 1.82) is 0 Å². The Bertz CT molecular complexity index is 948. The summed E-state index contributed by atoms with van der Waals surface area (Å²) in [4.78, 5) is 39.6. The molecule has 0 unspecified atom stereocenters. The Labute approximate surface area is 197 Å². The molecule has 2 aromatic rings. The van der Waals surface area contributed by atoms with Gasteiger partial charge < -0.3 is 30.1 Å². The highest BCUT2D eigenvalue weighted by molar-refractivity contribution is 6.31. The van der Waals surface area contributed by atoms with Crippen LogP contribution in [0.3, 0.4) is 0 Å². The van der Waals surface area contributed by atoms with Crippen LogP contribution in [0.15, 0.2) is 36.7 Å². The highest BCUT2D eigenvalue weighted by Crippen LogP contribution is 2.29. The van der Waals surface area contributed by atoms with E-state index in [4.69, 9.17) is 16.3 Å². The SMILES string of the molecule is O=C(NCCC(=O)N1CCN(c2ncccn2)CC1)Nc1cc(Cl)ccc1N1CCOCC1. The van der Waals surface area contributed by atoms with Crippen LogP contribution in [0.25, 0.3) is 0 Å². The quantitative estimate of drug-likeness (QED) is 0.659. The van der Waals surface area contributed by atoms with Gasteiger partial charge in [0, 0.05) is 69.7 Å². The van der Waals surface area contributed by atoms with Gasteiger partial charge >= 0.3 is 6.03 Å². The molecule has 3 amide bonds. The van der Waals surface area contributed by atoms with Gasteiger partial charge in [-0.25, -0.2) is 14.8 Å². The molecule has 10 nitrogen and oxygen atoms in total. The van der Waals surface area contributed by atoms with Crippen LogP contribution in [0.1, 0.15) is 6.42 Å². The van der Waals surface area contributed by atoms with E-state index in [1.54, 1.807) is 30.6 Å². The Morgan fingerprint density at radius 3 is 2.45 bits per heavy atom. The molecule has 4 rings (SSSR count). The van der Waals surface area contributed by atoms with Gasteiger partial charge in [0.1, 0.15) is 0 Å². The van der Waals surface area contributed by atoms with E-state index >= 15 is 0 Å². The van der Waals surface area contributed by atoms with Crippen molar-refractivity contribution < 1.29 is 14.3 Å². The highest BCUT2D eigenvalue weighted by atomic mass is 35.5. The van der Waals surface area contributed by atoms with E-state index < -0.39 is 0 Å². The fourth-order valence-electron chi connectivity index (χ4n) is 3.91. The molecule has 2 saturated heterocycles. The number of nitrogens with one attached hydrogen (secondary N) is 2. The van der Waals surface area contributed by atoms with E-state index in [1.807, 2.05) is 11.0 Å².